The van der Waals surface area contributed by atoms with Crippen LogP contribution < -0.4 is 5.32 Å². The van der Waals surface area contributed by atoms with Crippen molar-refractivity contribution < 1.29 is 4.79 Å². The Hall–Kier alpha value is -1.06. The SMILES string of the molecule is CC1CCN(C(=O)C2Cc3ccccc3CN2)CC1.Cl. The predicted molar refractivity (Wildman–Crippen MR) is 83.0 cm³/mol. The molecule has 1 fully saturated rings. The number of hydrogen-bond donors (Lipinski definition) is 1. The van der Waals surface area contributed by atoms with Crippen LogP contribution in [-0.2, 0) is 17.8 Å². The molecular weight excluding hydrogens is 272 g/mol. The maximum atomic E-state index is 12.5. The van der Waals surface area contributed by atoms with Crippen molar-refractivity contribution in [1.29, 1.82) is 0 Å². The van der Waals surface area contributed by atoms with Crippen LogP contribution in [0.3, 0.4) is 0 Å². The van der Waals surface area contributed by atoms with Gasteiger partial charge in [-0.3, -0.25) is 4.79 Å². The molecule has 2 heterocycles. The lowest BCUT2D eigenvalue weighted by Gasteiger charge is -2.35. The van der Waals surface area contributed by atoms with Crippen molar-refractivity contribution in [3.63, 3.8) is 0 Å². The summed E-state index contributed by atoms with van der Waals surface area (Å²) in [5.74, 6) is 1.06. The number of halogens is 1. The van der Waals surface area contributed by atoms with E-state index in [4.69, 9.17) is 0 Å². The van der Waals surface area contributed by atoms with E-state index < -0.39 is 0 Å². The summed E-state index contributed by atoms with van der Waals surface area (Å²) >= 11 is 0. The second kappa shape index (κ2) is 6.59. The fraction of sp³-hybridized carbons (Fsp3) is 0.562. The van der Waals surface area contributed by atoms with E-state index in [9.17, 15) is 4.79 Å². The summed E-state index contributed by atoms with van der Waals surface area (Å²) in [6, 6.07) is 8.40. The number of nitrogens with one attached hydrogen (secondary N) is 1. The van der Waals surface area contributed by atoms with E-state index in [1.54, 1.807) is 0 Å². The molecule has 110 valence electrons. The Bertz CT molecular complexity index is 469. The third kappa shape index (κ3) is 3.15. The van der Waals surface area contributed by atoms with E-state index >= 15 is 0 Å². The van der Waals surface area contributed by atoms with Crippen molar-refractivity contribution in [2.24, 2.45) is 5.92 Å². The van der Waals surface area contributed by atoms with Gasteiger partial charge in [0.15, 0.2) is 0 Å². The zero-order chi connectivity index (χ0) is 13.2. The van der Waals surface area contributed by atoms with Gasteiger partial charge in [-0.2, -0.15) is 0 Å². The summed E-state index contributed by atoms with van der Waals surface area (Å²) in [6.07, 6.45) is 3.13. The van der Waals surface area contributed by atoms with Gasteiger partial charge in [0.2, 0.25) is 5.91 Å². The van der Waals surface area contributed by atoms with Crippen molar-refractivity contribution in [3.8, 4) is 0 Å². The Morgan fingerprint density at radius 3 is 2.55 bits per heavy atom. The van der Waals surface area contributed by atoms with Crippen molar-refractivity contribution in [1.82, 2.24) is 10.2 Å². The fourth-order valence-electron chi connectivity index (χ4n) is 3.08. The summed E-state index contributed by atoms with van der Waals surface area (Å²) in [5, 5.41) is 3.39. The van der Waals surface area contributed by atoms with Gasteiger partial charge in [0.25, 0.3) is 0 Å². The zero-order valence-corrected chi connectivity index (χ0v) is 12.8. The van der Waals surface area contributed by atoms with E-state index in [1.807, 2.05) is 4.90 Å². The highest BCUT2D eigenvalue weighted by atomic mass is 35.5. The number of likely N-dealkylation sites (tertiary alicyclic amines) is 1. The topological polar surface area (TPSA) is 32.3 Å². The largest absolute Gasteiger partial charge is 0.341 e. The van der Waals surface area contributed by atoms with Gasteiger partial charge in [-0.1, -0.05) is 31.2 Å². The Morgan fingerprint density at radius 1 is 1.20 bits per heavy atom. The minimum absolute atomic E-state index is 0. The molecule has 0 saturated carbocycles. The number of carbonyl (C=O) groups excluding carboxylic acids is 1. The van der Waals surface area contributed by atoms with Gasteiger partial charge in [0.05, 0.1) is 6.04 Å². The highest BCUT2D eigenvalue weighted by Crippen LogP contribution is 2.20. The molecule has 2 aliphatic heterocycles. The van der Waals surface area contributed by atoms with Crippen LogP contribution in [0.5, 0.6) is 0 Å². The van der Waals surface area contributed by atoms with Crippen LogP contribution >= 0.6 is 12.4 Å². The summed E-state index contributed by atoms with van der Waals surface area (Å²) in [6.45, 7) is 4.95. The smallest absolute Gasteiger partial charge is 0.240 e. The predicted octanol–water partition coefficient (Wildman–Crippen LogP) is 2.38. The molecule has 0 aliphatic carbocycles. The van der Waals surface area contributed by atoms with Gasteiger partial charge < -0.3 is 10.2 Å². The van der Waals surface area contributed by atoms with Crippen LogP contribution in [0, 0.1) is 5.92 Å². The molecule has 1 aromatic rings. The zero-order valence-electron chi connectivity index (χ0n) is 12.0. The fourth-order valence-corrected chi connectivity index (χ4v) is 3.08. The van der Waals surface area contributed by atoms with Gasteiger partial charge >= 0.3 is 0 Å². The Morgan fingerprint density at radius 2 is 1.85 bits per heavy atom. The molecule has 2 aliphatic rings. The van der Waals surface area contributed by atoms with Gasteiger partial charge in [0, 0.05) is 19.6 Å². The molecule has 0 aromatic heterocycles. The number of amides is 1. The van der Waals surface area contributed by atoms with Gasteiger partial charge in [-0.25, -0.2) is 0 Å². The highest BCUT2D eigenvalue weighted by Gasteiger charge is 2.29. The normalized spacial score (nSPS) is 22.9. The lowest BCUT2D eigenvalue weighted by Crippen LogP contribution is -2.51. The van der Waals surface area contributed by atoms with Gasteiger partial charge in [-0.15, -0.1) is 12.4 Å². The average Bonchev–Trinajstić information content (AvgIpc) is 2.47. The second-order valence-corrected chi connectivity index (χ2v) is 5.91. The average molecular weight is 295 g/mol. The molecular formula is C16H23ClN2O. The van der Waals surface area contributed by atoms with Crippen LogP contribution in [0.4, 0.5) is 0 Å². The molecule has 0 radical (unpaired) electrons. The third-order valence-corrected chi connectivity index (χ3v) is 4.47. The minimum atomic E-state index is -0.0247. The van der Waals surface area contributed by atoms with Crippen LogP contribution in [0.1, 0.15) is 30.9 Å². The summed E-state index contributed by atoms with van der Waals surface area (Å²) in [5.41, 5.74) is 2.66. The van der Waals surface area contributed by atoms with Crippen LogP contribution in [0.2, 0.25) is 0 Å². The minimum Gasteiger partial charge on any atom is -0.341 e. The first-order valence-electron chi connectivity index (χ1n) is 7.33. The van der Waals surface area contributed by atoms with Crippen LogP contribution in [0.15, 0.2) is 24.3 Å². The third-order valence-electron chi connectivity index (χ3n) is 4.47. The second-order valence-electron chi connectivity index (χ2n) is 5.91. The number of fused-ring (bicyclic) bond motifs is 1. The van der Waals surface area contributed by atoms with Crippen molar-refractivity contribution in [2.45, 2.75) is 38.8 Å². The van der Waals surface area contributed by atoms with Crippen LogP contribution in [0.25, 0.3) is 0 Å². The maximum Gasteiger partial charge on any atom is 0.240 e. The number of carbonyl (C=O) groups is 1. The molecule has 20 heavy (non-hydrogen) atoms. The lowest BCUT2D eigenvalue weighted by atomic mass is 9.93. The van der Waals surface area contributed by atoms with E-state index in [-0.39, 0.29) is 18.4 Å². The van der Waals surface area contributed by atoms with Crippen molar-refractivity contribution >= 4 is 18.3 Å². The van der Waals surface area contributed by atoms with Gasteiger partial charge in [-0.05, 0) is 36.3 Å². The van der Waals surface area contributed by atoms with E-state index in [1.165, 1.54) is 11.1 Å². The molecule has 0 spiro atoms. The monoisotopic (exact) mass is 294 g/mol. The first-order chi connectivity index (χ1) is 9.24. The number of rotatable bonds is 1. The molecule has 1 atom stereocenters. The summed E-state index contributed by atoms with van der Waals surface area (Å²) in [4.78, 5) is 14.6. The molecule has 0 bridgehead atoms. The lowest BCUT2D eigenvalue weighted by molar-refractivity contribution is -0.135. The molecule has 4 heteroatoms. The Labute approximate surface area is 127 Å². The number of benzene rings is 1. The molecule has 3 rings (SSSR count). The summed E-state index contributed by atoms with van der Waals surface area (Å²) in [7, 11) is 0. The molecule has 1 aromatic carbocycles. The first kappa shape index (κ1) is 15.3. The molecule has 1 saturated heterocycles. The highest BCUT2D eigenvalue weighted by molar-refractivity contribution is 5.85. The van der Waals surface area contributed by atoms with Gasteiger partial charge in [0.1, 0.15) is 0 Å². The molecule has 3 nitrogen and oxygen atoms in total. The quantitative estimate of drug-likeness (QED) is 0.862. The Kier molecular flexibility index (Phi) is 5.06. The first-order valence-corrected chi connectivity index (χ1v) is 7.33. The number of nitrogens with zero attached hydrogens (tertiary/aromatic N) is 1. The number of piperidine rings is 1. The van der Waals surface area contributed by atoms with E-state index in [0.717, 1.165) is 44.8 Å². The maximum absolute atomic E-state index is 12.5. The number of hydrogen-bond acceptors (Lipinski definition) is 2. The van der Waals surface area contributed by atoms with E-state index in [0.29, 0.717) is 5.91 Å². The van der Waals surface area contributed by atoms with Crippen molar-refractivity contribution in [2.75, 3.05) is 13.1 Å². The molecule has 1 amide bonds. The molecule has 1 unspecified atom stereocenters. The Balaban J connectivity index is 0.00000147. The summed E-state index contributed by atoms with van der Waals surface area (Å²) < 4.78 is 0. The standard InChI is InChI=1S/C16H22N2O.ClH/c1-12-6-8-18(9-7-12)16(19)15-10-13-4-2-3-5-14(13)11-17-15;/h2-5,12,15,17H,6-11H2,1H3;1H. The van der Waals surface area contributed by atoms with Crippen LogP contribution in [-0.4, -0.2) is 29.9 Å². The molecule has 1 N–H and O–H groups in total. The van der Waals surface area contributed by atoms with E-state index in [2.05, 4.69) is 36.5 Å². The van der Waals surface area contributed by atoms with Crippen molar-refractivity contribution in [3.05, 3.63) is 35.4 Å².